The molecule has 2 heterocycles. The molecule has 3 rings (SSSR count). The first kappa shape index (κ1) is 18.9. The number of nitrogens with one attached hydrogen (secondary N) is 2. The monoisotopic (exact) mass is 384 g/mol. The van der Waals surface area contributed by atoms with Crippen LogP contribution in [0.3, 0.4) is 0 Å². The van der Waals surface area contributed by atoms with E-state index in [0.29, 0.717) is 16.2 Å². The molecule has 0 fully saturated rings. The second-order valence-electron chi connectivity index (χ2n) is 7.36. The maximum Gasteiger partial charge on any atom is 0.288 e. The predicted molar refractivity (Wildman–Crippen MR) is 107 cm³/mol. The Morgan fingerprint density at radius 2 is 1.85 bits per heavy atom. The van der Waals surface area contributed by atoms with Crippen LogP contribution in [-0.4, -0.2) is 26.7 Å². The Labute approximate surface area is 162 Å². The first-order valence-corrected chi connectivity index (χ1v) is 8.90. The molecule has 0 radical (unpaired) electrons. The van der Waals surface area contributed by atoms with Crippen molar-refractivity contribution in [1.82, 2.24) is 14.7 Å². The van der Waals surface area contributed by atoms with Gasteiger partial charge in [0.05, 0.1) is 5.52 Å². The molecular weight excluding hydrogens is 364 g/mol. The Bertz CT molecular complexity index is 1030. The zero-order chi connectivity index (χ0) is 19.8. The summed E-state index contributed by atoms with van der Waals surface area (Å²) in [7, 11) is 0. The number of halogens is 1. The molecule has 0 saturated carbocycles. The van der Waals surface area contributed by atoms with Gasteiger partial charge in [-0.25, -0.2) is 4.98 Å². The quantitative estimate of drug-likeness (QED) is 0.714. The molecule has 0 aliphatic carbocycles. The van der Waals surface area contributed by atoms with Crippen molar-refractivity contribution in [2.45, 2.75) is 33.2 Å². The number of benzene rings is 1. The number of imidazole rings is 1. The van der Waals surface area contributed by atoms with Crippen LogP contribution in [0.15, 0.2) is 42.6 Å². The lowest BCUT2D eigenvalue weighted by Crippen LogP contribution is -2.41. The molecule has 0 spiro atoms. The summed E-state index contributed by atoms with van der Waals surface area (Å²) in [5.74, 6) is -0.567. The third kappa shape index (κ3) is 4.11. The molecule has 7 heteroatoms. The molecule has 3 aromatic rings. The smallest absolute Gasteiger partial charge is 0.288 e. The van der Waals surface area contributed by atoms with Crippen LogP contribution in [-0.2, 0) is 0 Å². The van der Waals surface area contributed by atoms with Gasteiger partial charge in [0.25, 0.3) is 11.8 Å². The highest BCUT2D eigenvalue weighted by Crippen LogP contribution is 2.21. The van der Waals surface area contributed by atoms with Gasteiger partial charge < -0.3 is 10.6 Å². The van der Waals surface area contributed by atoms with E-state index in [1.54, 1.807) is 47.0 Å². The van der Waals surface area contributed by atoms with Crippen molar-refractivity contribution in [3.05, 3.63) is 64.7 Å². The summed E-state index contributed by atoms with van der Waals surface area (Å²) in [6.07, 6.45) is 1.71. The third-order valence-corrected chi connectivity index (χ3v) is 4.13. The van der Waals surface area contributed by atoms with Crippen molar-refractivity contribution in [2.75, 3.05) is 5.32 Å². The SMILES string of the molecule is Cc1cc(Cl)ccc1NC(=O)c1nc(C(=O)NC(C)(C)C)n2ccccc12. The van der Waals surface area contributed by atoms with Gasteiger partial charge in [0.2, 0.25) is 5.82 Å². The highest BCUT2D eigenvalue weighted by atomic mass is 35.5. The van der Waals surface area contributed by atoms with Gasteiger partial charge in [-0.1, -0.05) is 17.7 Å². The molecule has 2 aromatic heterocycles. The molecule has 0 bridgehead atoms. The summed E-state index contributed by atoms with van der Waals surface area (Å²) in [6.45, 7) is 7.52. The van der Waals surface area contributed by atoms with Crippen LogP contribution in [0, 0.1) is 6.92 Å². The van der Waals surface area contributed by atoms with E-state index in [9.17, 15) is 9.59 Å². The predicted octanol–water partition coefficient (Wildman–Crippen LogP) is 4.08. The fourth-order valence-corrected chi connectivity index (χ4v) is 2.94. The Kier molecular flexibility index (Phi) is 4.93. The van der Waals surface area contributed by atoms with E-state index in [4.69, 9.17) is 11.6 Å². The summed E-state index contributed by atoms with van der Waals surface area (Å²) >= 11 is 5.97. The number of amides is 2. The maximum atomic E-state index is 12.8. The zero-order valence-corrected chi connectivity index (χ0v) is 16.4. The number of aryl methyl sites for hydroxylation is 1. The van der Waals surface area contributed by atoms with Crippen LogP contribution in [0.4, 0.5) is 5.69 Å². The third-order valence-electron chi connectivity index (χ3n) is 3.89. The fourth-order valence-electron chi connectivity index (χ4n) is 2.71. The topological polar surface area (TPSA) is 75.5 Å². The number of anilines is 1. The van der Waals surface area contributed by atoms with Gasteiger partial charge >= 0.3 is 0 Å². The maximum absolute atomic E-state index is 12.8. The van der Waals surface area contributed by atoms with Crippen LogP contribution in [0.25, 0.3) is 5.52 Å². The van der Waals surface area contributed by atoms with E-state index < -0.39 is 5.54 Å². The average molecular weight is 385 g/mol. The van der Waals surface area contributed by atoms with E-state index >= 15 is 0 Å². The van der Waals surface area contributed by atoms with Crippen molar-refractivity contribution >= 4 is 34.6 Å². The van der Waals surface area contributed by atoms with Crippen molar-refractivity contribution in [1.29, 1.82) is 0 Å². The van der Waals surface area contributed by atoms with E-state index in [1.165, 1.54) is 0 Å². The molecule has 1 aromatic carbocycles. The summed E-state index contributed by atoms with van der Waals surface area (Å²) in [5.41, 5.74) is 1.80. The van der Waals surface area contributed by atoms with Crippen LogP contribution in [0.5, 0.6) is 0 Å². The van der Waals surface area contributed by atoms with Crippen molar-refractivity contribution in [2.24, 2.45) is 0 Å². The van der Waals surface area contributed by atoms with Crippen LogP contribution >= 0.6 is 11.6 Å². The van der Waals surface area contributed by atoms with Crippen molar-refractivity contribution in [3.8, 4) is 0 Å². The second kappa shape index (κ2) is 7.04. The van der Waals surface area contributed by atoms with E-state index in [1.807, 2.05) is 27.7 Å². The minimum absolute atomic E-state index is 0.165. The number of fused-ring (bicyclic) bond motifs is 1. The lowest BCUT2D eigenvalue weighted by atomic mass is 10.1. The van der Waals surface area contributed by atoms with Crippen molar-refractivity contribution in [3.63, 3.8) is 0 Å². The van der Waals surface area contributed by atoms with E-state index in [0.717, 1.165) is 5.56 Å². The minimum atomic E-state index is -0.416. The summed E-state index contributed by atoms with van der Waals surface area (Å²) < 4.78 is 1.62. The molecule has 2 amide bonds. The van der Waals surface area contributed by atoms with Gasteiger partial charge in [0.15, 0.2) is 5.69 Å². The normalized spacial score (nSPS) is 11.4. The molecule has 2 N–H and O–H groups in total. The number of aromatic nitrogens is 2. The largest absolute Gasteiger partial charge is 0.345 e. The lowest BCUT2D eigenvalue weighted by molar-refractivity contribution is 0.0908. The Hall–Kier alpha value is -2.86. The number of nitrogens with zero attached hydrogens (tertiary/aromatic N) is 2. The minimum Gasteiger partial charge on any atom is -0.345 e. The average Bonchev–Trinajstić information content (AvgIpc) is 2.96. The molecule has 27 heavy (non-hydrogen) atoms. The van der Waals surface area contributed by atoms with Crippen LogP contribution in [0.2, 0.25) is 5.02 Å². The molecule has 0 saturated heterocycles. The van der Waals surface area contributed by atoms with Gasteiger partial charge in [0.1, 0.15) is 0 Å². The highest BCUT2D eigenvalue weighted by Gasteiger charge is 2.24. The van der Waals surface area contributed by atoms with Crippen LogP contribution < -0.4 is 10.6 Å². The molecule has 6 nitrogen and oxygen atoms in total. The van der Waals surface area contributed by atoms with Gasteiger partial charge in [-0.05, 0) is 63.6 Å². The zero-order valence-electron chi connectivity index (χ0n) is 15.6. The molecule has 0 unspecified atom stereocenters. The highest BCUT2D eigenvalue weighted by molar-refractivity contribution is 6.30. The van der Waals surface area contributed by atoms with Crippen molar-refractivity contribution < 1.29 is 9.59 Å². The number of hydrogen-bond acceptors (Lipinski definition) is 3. The standard InChI is InChI=1S/C20H21ClN4O2/c1-12-11-13(21)8-9-14(12)22-18(26)16-15-7-5-6-10-25(15)17(23-16)19(27)24-20(2,3)4/h5-11H,1-4H3,(H,22,26)(H,24,27). The summed E-state index contributed by atoms with van der Waals surface area (Å²) in [4.78, 5) is 29.8. The van der Waals surface area contributed by atoms with Gasteiger partial charge in [-0.15, -0.1) is 0 Å². The first-order valence-electron chi connectivity index (χ1n) is 8.53. The van der Waals surface area contributed by atoms with E-state index in [-0.39, 0.29) is 23.3 Å². The second-order valence-corrected chi connectivity index (χ2v) is 7.79. The number of pyridine rings is 1. The number of rotatable bonds is 3. The summed E-state index contributed by atoms with van der Waals surface area (Å²) in [5, 5.41) is 6.31. The van der Waals surface area contributed by atoms with E-state index in [2.05, 4.69) is 15.6 Å². The molecule has 0 aliphatic rings. The Balaban J connectivity index is 1.99. The van der Waals surface area contributed by atoms with Gasteiger partial charge in [-0.3, -0.25) is 14.0 Å². The molecular formula is C20H21ClN4O2. The Morgan fingerprint density at radius 3 is 2.52 bits per heavy atom. The Morgan fingerprint density at radius 1 is 1.11 bits per heavy atom. The first-order chi connectivity index (χ1) is 12.7. The summed E-state index contributed by atoms with van der Waals surface area (Å²) in [6, 6.07) is 10.5. The number of carbonyl (C=O) groups excluding carboxylic acids is 2. The molecule has 0 atom stereocenters. The fraction of sp³-hybridized carbons (Fsp3) is 0.250. The molecule has 0 aliphatic heterocycles. The van der Waals surface area contributed by atoms with Gasteiger partial charge in [0, 0.05) is 22.4 Å². The van der Waals surface area contributed by atoms with Crippen LogP contribution in [0.1, 0.15) is 47.4 Å². The molecule has 140 valence electrons. The number of hydrogen-bond donors (Lipinski definition) is 2. The lowest BCUT2D eigenvalue weighted by Gasteiger charge is -2.19. The van der Waals surface area contributed by atoms with Gasteiger partial charge in [-0.2, -0.15) is 0 Å². The number of carbonyl (C=O) groups is 2.